The number of hydrogen-bond acceptors (Lipinski definition) is 6. The molecule has 6 nitrogen and oxygen atoms in total. The van der Waals surface area contributed by atoms with Crippen molar-refractivity contribution in [1.82, 2.24) is 0 Å². The Morgan fingerprint density at radius 1 is 0.780 bits per heavy atom. The van der Waals surface area contributed by atoms with Crippen molar-refractivity contribution in [2.45, 2.75) is 56.8 Å². The highest BCUT2D eigenvalue weighted by atomic mass is 32.2. The van der Waals surface area contributed by atoms with Crippen LogP contribution >= 0.6 is 11.8 Å². The lowest BCUT2D eigenvalue weighted by Gasteiger charge is -2.26. The summed E-state index contributed by atoms with van der Waals surface area (Å²) in [6.07, 6.45) is -5.59. The summed E-state index contributed by atoms with van der Waals surface area (Å²) in [6.45, 7) is 2.16. The fraction of sp³-hybridized carbons (Fsp3) is 0.519. The Balaban J connectivity index is 0.000000545. The van der Waals surface area contributed by atoms with Crippen LogP contribution in [0.4, 0.5) is 26.3 Å². The minimum absolute atomic E-state index is 0.120. The molecule has 2 aromatic rings. The van der Waals surface area contributed by atoms with Crippen molar-refractivity contribution in [3.8, 4) is 11.5 Å². The molecule has 0 spiro atoms. The molecule has 1 N–H and O–H groups in total. The van der Waals surface area contributed by atoms with Crippen LogP contribution in [0.3, 0.4) is 0 Å². The number of ketones is 1. The Morgan fingerprint density at radius 2 is 1.20 bits per heavy atom. The van der Waals surface area contributed by atoms with Gasteiger partial charge in [-0.05, 0) is 47.6 Å². The number of rotatable bonds is 14. The van der Waals surface area contributed by atoms with Crippen molar-refractivity contribution >= 4 is 27.7 Å². The normalized spacial score (nSPS) is 13.5. The summed E-state index contributed by atoms with van der Waals surface area (Å²) in [7, 11) is -1.18. The maximum Gasteiger partial charge on any atom is 0.402 e. The number of alkyl halides is 6. The molecule has 2 aromatic carbocycles. The largest absolute Gasteiger partial charge is 0.497 e. The Kier molecular flexibility index (Phi) is 15.0. The molecular weight excluding hydrogens is 598 g/mol. The van der Waals surface area contributed by atoms with E-state index in [4.69, 9.17) is 14.0 Å². The number of thioether (sulfide) groups is 1. The highest BCUT2D eigenvalue weighted by molar-refractivity contribution is 8.00. The topological polar surface area (TPSA) is 89.9 Å². The van der Waals surface area contributed by atoms with Gasteiger partial charge in [-0.2, -0.15) is 46.5 Å². The average molecular weight is 633 g/mol. The van der Waals surface area contributed by atoms with E-state index in [0.29, 0.717) is 5.75 Å². The van der Waals surface area contributed by atoms with E-state index in [2.05, 4.69) is 6.92 Å². The second-order valence-electron chi connectivity index (χ2n) is 8.86. The number of halogens is 6. The average Bonchev–Trinajstić information content (AvgIpc) is 2.87. The fourth-order valence-corrected chi connectivity index (χ4v) is 5.61. The lowest BCUT2D eigenvalue weighted by atomic mass is 9.82. The van der Waals surface area contributed by atoms with Crippen molar-refractivity contribution in [2.24, 2.45) is 0 Å². The van der Waals surface area contributed by atoms with Crippen molar-refractivity contribution in [1.29, 1.82) is 0 Å². The molecule has 0 aliphatic carbocycles. The van der Waals surface area contributed by atoms with Crippen LogP contribution in [0.1, 0.15) is 55.6 Å². The summed E-state index contributed by atoms with van der Waals surface area (Å²) in [5.41, 5.74) is -1.19. The van der Waals surface area contributed by atoms with Crippen molar-refractivity contribution < 1.29 is 53.6 Å². The first-order valence-corrected chi connectivity index (χ1v) is 15.3. The highest BCUT2D eigenvalue weighted by Crippen LogP contribution is 2.45. The number of Topliss-reactive ketones (excluding diaryl/α,β-unsaturated/α-hetero) is 1. The van der Waals surface area contributed by atoms with Gasteiger partial charge < -0.3 is 9.47 Å². The zero-order valence-electron chi connectivity index (χ0n) is 22.8. The number of hydrogen-bond donors (Lipinski definition) is 1. The van der Waals surface area contributed by atoms with Crippen LogP contribution in [0.25, 0.3) is 0 Å². The molecule has 0 fully saturated rings. The molecule has 2 unspecified atom stereocenters. The van der Waals surface area contributed by atoms with E-state index in [1.165, 1.54) is 33.5 Å². The minimum Gasteiger partial charge on any atom is -0.497 e. The number of benzene rings is 2. The van der Waals surface area contributed by atoms with Gasteiger partial charge in [0.15, 0.2) is 5.78 Å². The number of carbonyl (C=O) groups excluding carboxylic acids is 1. The van der Waals surface area contributed by atoms with Crippen LogP contribution in [-0.4, -0.2) is 62.6 Å². The Bertz CT molecular complexity index is 1080. The summed E-state index contributed by atoms with van der Waals surface area (Å²) in [5, 5.41) is 0. The van der Waals surface area contributed by atoms with E-state index in [-0.39, 0.29) is 17.3 Å². The molecule has 2 rings (SSSR count). The zero-order valence-corrected chi connectivity index (χ0v) is 24.4. The van der Waals surface area contributed by atoms with E-state index >= 15 is 0 Å². The third kappa shape index (κ3) is 13.4. The molecule has 0 bridgehead atoms. The number of carbonyl (C=O) groups is 1. The molecule has 0 aliphatic heterocycles. The Morgan fingerprint density at radius 3 is 1.51 bits per heavy atom. The van der Waals surface area contributed by atoms with Gasteiger partial charge in [-0.25, -0.2) is 0 Å². The van der Waals surface area contributed by atoms with Gasteiger partial charge in [0.2, 0.25) is 0 Å². The smallest absolute Gasteiger partial charge is 0.402 e. The van der Waals surface area contributed by atoms with Crippen LogP contribution in [0.5, 0.6) is 11.5 Å². The number of unbranched alkanes of at least 4 members (excludes halogenated alkanes) is 3. The van der Waals surface area contributed by atoms with Crippen LogP contribution < -0.4 is 9.47 Å². The Hall–Kier alpha value is -2.45. The van der Waals surface area contributed by atoms with Gasteiger partial charge >= 0.3 is 12.4 Å². The molecule has 0 saturated carbocycles. The molecule has 0 amide bonds. The van der Waals surface area contributed by atoms with E-state index in [1.54, 1.807) is 11.8 Å². The molecule has 14 heteroatoms. The quantitative estimate of drug-likeness (QED) is 0.131. The van der Waals surface area contributed by atoms with Crippen LogP contribution in [0.2, 0.25) is 0 Å². The Labute approximate surface area is 240 Å². The first kappa shape index (κ1) is 36.6. The maximum absolute atomic E-state index is 13.6. The van der Waals surface area contributed by atoms with Gasteiger partial charge in [0.1, 0.15) is 23.3 Å². The van der Waals surface area contributed by atoms with Crippen LogP contribution in [0.15, 0.2) is 48.5 Å². The van der Waals surface area contributed by atoms with Gasteiger partial charge in [-0.15, -0.1) is 0 Å². The summed E-state index contributed by atoms with van der Waals surface area (Å²) in [6, 6.07) is 8.31. The van der Waals surface area contributed by atoms with Gasteiger partial charge in [0, 0.05) is 5.75 Å². The molecule has 0 saturated heterocycles. The van der Waals surface area contributed by atoms with Crippen molar-refractivity contribution in [3.05, 3.63) is 59.7 Å². The van der Waals surface area contributed by atoms with E-state index in [0.717, 1.165) is 60.7 Å². The van der Waals surface area contributed by atoms with Gasteiger partial charge in [0.05, 0.1) is 20.0 Å². The van der Waals surface area contributed by atoms with Crippen molar-refractivity contribution in [3.63, 3.8) is 0 Å². The predicted molar refractivity (Wildman–Crippen MR) is 146 cm³/mol. The molecule has 0 radical (unpaired) electrons. The van der Waals surface area contributed by atoms with Gasteiger partial charge in [0.25, 0.3) is 10.1 Å². The van der Waals surface area contributed by atoms with E-state index in [9.17, 15) is 39.6 Å². The van der Waals surface area contributed by atoms with Crippen molar-refractivity contribution in [2.75, 3.05) is 31.5 Å². The summed E-state index contributed by atoms with van der Waals surface area (Å²) in [5.74, 6) is -6.08. The molecule has 0 aromatic heterocycles. The van der Waals surface area contributed by atoms with Crippen LogP contribution in [-0.2, 0) is 14.9 Å². The summed E-state index contributed by atoms with van der Waals surface area (Å²) in [4.78, 5) is 12.5. The second-order valence-corrected chi connectivity index (χ2v) is 11.7. The fourth-order valence-electron chi connectivity index (χ4n) is 3.69. The molecule has 2 atom stereocenters. The third-order valence-electron chi connectivity index (χ3n) is 5.75. The third-order valence-corrected chi connectivity index (χ3v) is 7.80. The molecule has 41 heavy (non-hydrogen) atoms. The SMILES string of the molecule is CCCCCCSCCS(=O)(=O)O.COc1ccc(C(C(=O)C(c2ccc(OC)cc2)C(F)(F)F)C(F)(F)F)cc1. The highest BCUT2D eigenvalue weighted by Gasteiger charge is 2.55. The molecular formula is C27H34F6O6S2. The lowest BCUT2D eigenvalue weighted by molar-refractivity contribution is -0.183. The van der Waals surface area contributed by atoms with Gasteiger partial charge in [-0.3, -0.25) is 9.35 Å². The maximum atomic E-state index is 13.6. The zero-order chi connectivity index (χ0) is 31.3. The number of ether oxygens (including phenoxy) is 2. The summed E-state index contributed by atoms with van der Waals surface area (Å²) < 4.78 is 120. The van der Waals surface area contributed by atoms with E-state index in [1.807, 2.05) is 0 Å². The number of methoxy groups -OCH3 is 2. The second kappa shape index (κ2) is 16.9. The lowest BCUT2D eigenvalue weighted by Crippen LogP contribution is -2.38. The summed E-state index contributed by atoms with van der Waals surface area (Å²) >= 11 is 1.59. The first-order valence-electron chi connectivity index (χ1n) is 12.5. The predicted octanol–water partition coefficient (Wildman–Crippen LogP) is 7.45. The first-order chi connectivity index (χ1) is 19.0. The standard InChI is InChI=1S/C19H16F6O3.C8H18O3S2/c1-27-13-7-3-11(4-8-13)15(18(20,21)22)17(26)16(19(23,24)25)12-5-9-14(28-2)10-6-12;1-2-3-4-5-6-12-7-8-13(9,10)11/h3-10,15-16H,1-2H3;2-8H2,1H3,(H,9,10,11). The van der Waals surface area contributed by atoms with Gasteiger partial charge in [-0.1, -0.05) is 50.5 Å². The molecule has 232 valence electrons. The molecule has 0 heterocycles. The van der Waals surface area contributed by atoms with E-state index < -0.39 is 51.2 Å². The monoisotopic (exact) mass is 632 g/mol. The van der Waals surface area contributed by atoms with Crippen LogP contribution in [0, 0.1) is 0 Å². The minimum atomic E-state index is -5.21. The molecule has 0 aliphatic rings.